The van der Waals surface area contributed by atoms with Gasteiger partial charge in [0.15, 0.2) is 0 Å². The molecular weight excluding hydrogens is 354 g/mol. The van der Waals surface area contributed by atoms with Gasteiger partial charge in [0.05, 0.1) is 0 Å². The average molecular weight is 384 g/mol. The van der Waals surface area contributed by atoms with E-state index in [2.05, 4.69) is 113 Å². The largest absolute Gasteiger partial charge is 0.365 e. The summed E-state index contributed by atoms with van der Waals surface area (Å²) in [6, 6.07) is 33.5. The number of nitrogens with zero attached hydrogens (tertiary/aromatic N) is 2. The van der Waals surface area contributed by atoms with Crippen LogP contribution in [0.15, 0.2) is 91.0 Å². The molecule has 0 saturated carbocycles. The molecule has 4 unspecified atom stereocenters. The highest BCUT2D eigenvalue weighted by Gasteiger charge is 2.52. The van der Waals surface area contributed by atoms with Crippen LogP contribution < -0.4 is 10.2 Å². The minimum absolute atomic E-state index is 0.306. The third kappa shape index (κ3) is 3.51. The SMILES string of the molecule is CC1C2C(CCN2Cc2ccccc2)C(Nc2ccccc2)N1c1ccccc1. The average Bonchev–Trinajstić information content (AvgIpc) is 3.30. The number of fused-ring (bicyclic) bond motifs is 1. The Hall–Kier alpha value is -2.78. The molecule has 148 valence electrons. The Labute approximate surface area is 174 Å². The van der Waals surface area contributed by atoms with Gasteiger partial charge in [-0.2, -0.15) is 0 Å². The Bertz CT molecular complexity index is 912. The van der Waals surface area contributed by atoms with Gasteiger partial charge in [-0.25, -0.2) is 0 Å². The van der Waals surface area contributed by atoms with Crippen molar-refractivity contribution in [3.05, 3.63) is 96.6 Å². The number of nitrogens with one attached hydrogen (secondary N) is 1. The van der Waals surface area contributed by atoms with E-state index in [0.29, 0.717) is 24.2 Å². The van der Waals surface area contributed by atoms with Crippen molar-refractivity contribution in [2.45, 2.75) is 38.1 Å². The molecule has 0 radical (unpaired) electrons. The third-order valence-electron chi connectivity index (χ3n) is 6.62. The van der Waals surface area contributed by atoms with Crippen LogP contribution in [0.3, 0.4) is 0 Å². The quantitative estimate of drug-likeness (QED) is 0.651. The van der Waals surface area contributed by atoms with Gasteiger partial charge in [-0.3, -0.25) is 4.90 Å². The van der Waals surface area contributed by atoms with Crippen molar-refractivity contribution in [1.29, 1.82) is 0 Å². The second-order valence-corrected chi connectivity index (χ2v) is 8.34. The highest BCUT2D eigenvalue weighted by molar-refractivity contribution is 5.55. The molecule has 2 heterocycles. The topological polar surface area (TPSA) is 18.5 Å². The van der Waals surface area contributed by atoms with Gasteiger partial charge in [-0.05, 0) is 49.7 Å². The van der Waals surface area contributed by atoms with Gasteiger partial charge < -0.3 is 10.2 Å². The monoisotopic (exact) mass is 383 g/mol. The van der Waals surface area contributed by atoms with Crippen LogP contribution >= 0.6 is 0 Å². The second-order valence-electron chi connectivity index (χ2n) is 8.34. The van der Waals surface area contributed by atoms with Gasteiger partial charge in [0, 0.05) is 35.9 Å². The van der Waals surface area contributed by atoms with E-state index in [0.717, 1.165) is 6.54 Å². The summed E-state index contributed by atoms with van der Waals surface area (Å²) in [6.45, 7) is 4.61. The number of hydrogen-bond acceptors (Lipinski definition) is 3. The van der Waals surface area contributed by atoms with Crippen LogP contribution in [-0.4, -0.2) is 29.7 Å². The van der Waals surface area contributed by atoms with E-state index in [-0.39, 0.29) is 0 Å². The van der Waals surface area contributed by atoms with Crippen molar-refractivity contribution in [1.82, 2.24) is 4.90 Å². The molecule has 0 spiro atoms. The molecule has 1 N–H and O–H groups in total. The van der Waals surface area contributed by atoms with Crippen molar-refractivity contribution in [2.24, 2.45) is 5.92 Å². The lowest BCUT2D eigenvalue weighted by molar-refractivity contribution is 0.219. The number of hydrogen-bond donors (Lipinski definition) is 1. The molecule has 2 aliphatic rings. The minimum Gasteiger partial charge on any atom is -0.365 e. The molecule has 0 aliphatic carbocycles. The van der Waals surface area contributed by atoms with Crippen LogP contribution in [0.1, 0.15) is 18.9 Å². The molecule has 29 heavy (non-hydrogen) atoms. The van der Waals surface area contributed by atoms with Crippen molar-refractivity contribution in [2.75, 3.05) is 16.8 Å². The molecule has 3 aromatic rings. The van der Waals surface area contributed by atoms with Gasteiger partial charge >= 0.3 is 0 Å². The first-order chi connectivity index (χ1) is 14.3. The van der Waals surface area contributed by atoms with Crippen LogP contribution in [0.4, 0.5) is 11.4 Å². The van der Waals surface area contributed by atoms with Gasteiger partial charge in [-0.1, -0.05) is 66.7 Å². The number of likely N-dealkylation sites (tertiary alicyclic amines) is 1. The highest BCUT2D eigenvalue weighted by atomic mass is 15.4. The molecular formula is C26H29N3. The maximum absolute atomic E-state index is 3.87. The lowest BCUT2D eigenvalue weighted by Crippen LogP contribution is -2.44. The number of benzene rings is 3. The summed E-state index contributed by atoms with van der Waals surface area (Å²) in [4.78, 5) is 5.31. The Morgan fingerprint density at radius 1 is 0.828 bits per heavy atom. The van der Waals surface area contributed by atoms with E-state index in [4.69, 9.17) is 0 Å². The minimum atomic E-state index is 0.306. The number of rotatable bonds is 5. The van der Waals surface area contributed by atoms with Crippen molar-refractivity contribution in [3.8, 4) is 0 Å². The van der Waals surface area contributed by atoms with E-state index in [1.807, 2.05) is 0 Å². The standard InChI is InChI=1S/C26H29N3/c1-20-25-24(17-18-28(25)19-21-11-5-2-6-12-21)26(27-22-13-7-3-8-14-22)29(20)23-15-9-4-10-16-23/h2-16,20,24-27H,17-19H2,1H3. The third-order valence-corrected chi connectivity index (χ3v) is 6.62. The fourth-order valence-electron chi connectivity index (χ4n) is 5.42. The van der Waals surface area contributed by atoms with Crippen LogP contribution in [-0.2, 0) is 6.54 Å². The molecule has 0 amide bonds. The molecule has 2 fully saturated rings. The summed E-state index contributed by atoms with van der Waals surface area (Å²) in [5, 5.41) is 3.87. The van der Waals surface area contributed by atoms with E-state index in [9.17, 15) is 0 Å². The number of anilines is 2. The second kappa shape index (κ2) is 7.92. The maximum Gasteiger partial charge on any atom is 0.104 e. The molecule has 3 aromatic carbocycles. The zero-order valence-electron chi connectivity index (χ0n) is 17.0. The molecule has 0 aromatic heterocycles. The van der Waals surface area contributed by atoms with E-state index in [1.165, 1.54) is 29.9 Å². The normalized spacial score (nSPS) is 26.4. The Morgan fingerprint density at radius 2 is 1.45 bits per heavy atom. The first-order valence-corrected chi connectivity index (χ1v) is 10.7. The summed E-state index contributed by atoms with van der Waals surface area (Å²) in [7, 11) is 0. The lowest BCUT2D eigenvalue weighted by Gasteiger charge is -2.35. The van der Waals surface area contributed by atoms with Gasteiger partial charge in [0.2, 0.25) is 0 Å². The molecule has 0 bridgehead atoms. The molecule has 3 heteroatoms. The van der Waals surface area contributed by atoms with Crippen LogP contribution in [0.2, 0.25) is 0 Å². The molecule has 5 rings (SSSR count). The zero-order chi connectivity index (χ0) is 19.6. The summed E-state index contributed by atoms with van der Waals surface area (Å²) < 4.78 is 0. The maximum atomic E-state index is 3.87. The number of para-hydroxylation sites is 2. The first kappa shape index (κ1) is 18.3. The molecule has 3 nitrogen and oxygen atoms in total. The van der Waals surface area contributed by atoms with Crippen molar-refractivity contribution in [3.63, 3.8) is 0 Å². The summed E-state index contributed by atoms with van der Waals surface area (Å²) >= 11 is 0. The first-order valence-electron chi connectivity index (χ1n) is 10.7. The van der Waals surface area contributed by atoms with Gasteiger partial charge in [0.1, 0.15) is 6.17 Å². The summed E-state index contributed by atoms with van der Waals surface area (Å²) in [5.41, 5.74) is 3.92. The Morgan fingerprint density at radius 3 is 2.14 bits per heavy atom. The lowest BCUT2D eigenvalue weighted by atomic mass is 9.98. The van der Waals surface area contributed by atoms with Crippen molar-refractivity contribution < 1.29 is 0 Å². The van der Waals surface area contributed by atoms with Crippen LogP contribution in [0.5, 0.6) is 0 Å². The Kier molecular flexibility index (Phi) is 4.99. The Balaban J connectivity index is 1.46. The summed E-state index contributed by atoms with van der Waals surface area (Å²) in [5.74, 6) is 0.606. The van der Waals surface area contributed by atoms with Crippen LogP contribution in [0.25, 0.3) is 0 Å². The molecule has 2 saturated heterocycles. The highest BCUT2D eigenvalue weighted by Crippen LogP contribution is 2.43. The fourth-order valence-corrected chi connectivity index (χ4v) is 5.42. The van der Waals surface area contributed by atoms with E-state index in [1.54, 1.807) is 0 Å². The zero-order valence-corrected chi connectivity index (χ0v) is 17.0. The fraction of sp³-hybridized carbons (Fsp3) is 0.308. The summed E-state index contributed by atoms with van der Waals surface area (Å²) in [6.07, 6.45) is 1.54. The van der Waals surface area contributed by atoms with Crippen molar-refractivity contribution >= 4 is 11.4 Å². The van der Waals surface area contributed by atoms with Gasteiger partial charge in [0.25, 0.3) is 0 Å². The van der Waals surface area contributed by atoms with Gasteiger partial charge in [-0.15, -0.1) is 0 Å². The van der Waals surface area contributed by atoms with Crippen LogP contribution in [0, 0.1) is 5.92 Å². The predicted octanol–water partition coefficient (Wildman–Crippen LogP) is 5.22. The molecule has 2 aliphatic heterocycles. The predicted molar refractivity (Wildman–Crippen MR) is 121 cm³/mol. The van der Waals surface area contributed by atoms with E-state index >= 15 is 0 Å². The smallest absolute Gasteiger partial charge is 0.104 e. The molecule has 4 atom stereocenters. The van der Waals surface area contributed by atoms with E-state index < -0.39 is 0 Å².